The van der Waals surface area contributed by atoms with Gasteiger partial charge < -0.3 is 4.74 Å². The number of rotatable bonds is 6. The standard InChI is InChI=1S/C27H24BrNO2/c1-3-20-10-8-9-13-24(20)29-25(21-11-6-5-7-12-21)18-22(27(29)30)16-19-14-15-26(31-4-2)23(28)17-19/h5-18H,3-4H2,1-2H3/b22-16+. The maximum absolute atomic E-state index is 13.6. The lowest BCUT2D eigenvalue weighted by molar-refractivity contribution is -0.113. The van der Waals surface area contributed by atoms with E-state index < -0.39 is 0 Å². The van der Waals surface area contributed by atoms with Gasteiger partial charge in [-0.3, -0.25) is 9.69 Å². The zero-order valence-electron chi connectivity index (χ0n) is 17.6. The number of amides is 1. The highest BCUT2D eigenvalue weighted by Gasteiger charge is 2.31. The number of halogens is 1. The Morgan fingerprint density at radius 2 is 1.71 bits per heavy atom. The van der Waals surface area contributed by atoms with Crippen molar-refractivity contribution in [3.05, 3.63) is 106 Å². The molecule has 0 aliphatic carbocycles. The molecule has 0 saturated heterocycles. The molecule has 4 heteroatoms. The molecule has 0 N–H and O–H groups in total. The Hall–Kier alpha value is -3.11. The van der Waals surface area contributed by atoms with Crippen LogP contribution in [0.3, 0.4) is 0 Å². The summed E-state index contributed by atoms with van der Waals surface area (Å²) in [5.74, 6) is 0.770. The van der Waals surface area contributed by atoms with Crippen LogP contribution in [0, 0.1) is 0 Å². The largest absolute Gasteiger partial charge is 0.493 e. The van der Waals surface area contributed by atoms with Crippen LogP contribution in [0.25, 0.3) is 11.8 Å². The van der Waals surface area contributed by atoms with Gasteiger partial charge in [0.25, 0.3) is 5.91 Å². The quantitative estimate of drug-likeness (QED) is 0.365. The van der Waals surface area contributed by atoms with Crippen molar-refractivity contribution in [3.8, 4) is 5.75 Å². The number of para-hydroxylation sites is 1. The molecule has 31 heavy (non-hydrogen) atoms. The van der Waals surface area contributed by atoms with Gasteiger partial charge in [-0.15, -0.1) is 0 Å². The van der Waals surface area contributed by atoms with E-state index in [2.05, 4.69) is 28.9 Å². The van der Waals surface area contributed by atoms with Crippen LogP contribution < -0.4 is 9.64 Å². The van der Waals surface area contributed by atoms with Crippen molar-refractivity contribution >= 4 is 39.3 Å². The first-order valence-corrected chi connectivity index (χ1v) is 11.2. The smallest absolute Gasteiger partial charge is 0.262 e. The predicted octanol–water partition coefficient (Wildman–Crippen LogP) is 6.88. The zero-order valence-corrected chi connectivity index (χ0v) is 19.2. The highest BCUT2D eigenvalue weighted by atomic mass is 79.9. The average Bonchev–Trinajstić information content (AvgIpc) is 3.12. The molecule has 1 amide bonds. The molecule has 1 heterocycles. The van der Waals surface area contributed by atoms with E-state index in [1.165, 1.54) is 0 Å². The second-order valence-electron chi connectivity index (χ2n) is 7.24. The Bertz CT molecular complexity index is 1160. The van der Waals surface area contributed by atoms with Crippen LogP contribution in [0.2, 0.25) is 0 Å². The molecular formula is C27H24BrNO2. The van der Waals surface area contributed by atoms with Gasteiger partial charge in [0.05, 0.1) is 22.5 Å². The van der Waals surface area contributed by atoms with Crippen molar-refractivity contribution in [1.29, 1.82) is 0 Å². The number of ether oxygens (including phenoxy) is 1. The first-order chi connectivity index (χ1) is 15.1. The number of benzene rings is 3. The van der Waals surface area contributed by atoms with E-state index in [1.54, 1.807) is 0 Å². The van der Waals surface area contributed by atoms with Crippen LogP contribution >= 0.6 is 15.9 Å². The lowest BCUT2D eigenvalue weighted by Gasteiger charge is -2.23. The summed E-state index contributed by atoms with van der Waals surface area (Å²) in [5.41, 5.74) is 5.57. The second kappa shape index (κ2) is 9.36. The van der Waals surface area contributed by atoms with E-state index in [0.717, 1.165) is 44.7 Å². The number of nitrogens with zero attached hydrogens (tertiary/aromatic N) is 1. The molecule has 1 aliphatic heterocycles. The maximum Gasteiger partial charge on any atom is 0.262 e. The van der Waals surface area contributed by atoms with Gasteiger partial charge in [0.2, 0.25) is 0 Å². The van der Waals surface area contributed by atoms with Crippen LogP contribution in [-0.4, -0.2) is 12.5 Å². The number of hydrogen-bond acceptors (Lipinski definition) is 2. The predicted molar refractivity (Wildman–Crippen MR) is 131 cm³/mol. The molecule has 0 bridgehead atoms. The van der Waals surface area contributed by atoms with Crippen molar-refractivity contribution in [2.24, 2.45) is 0 Å². The van der Waals surface area contributed by atoms with Crippen LogP contribution in [0.5, 0.6) is 5.75 Å². The average molecular weight is 474 g/mol. The highest BCUT2D eigenvalue weighted by Crippen LogP contribution is 2.37. The highest BCUT2D eigenvalue weighted by molar-refractivity contribution is 9.10. The number of carbonyl (C=O) groups is 1. The molecule has 3 aromatic carbocycles. The monoisotopic (exact) mass is 473 g/mol. The van der Waals surface area contributed by atoms with Gasteiger partial charge in [0.15, 0.2) is 0 Å². The zero-order chi connectivity index (χ0) is 21.8. The summed E-state index contributed by atoms with van der Waals surface area (Å²) in [6, 6.07) is 24.0. The third kappa shape index (κ3) is 4.35. The fraction of sp³-hybridized carbons (Fsp3) is 0.148. The van der Waals surface area contributed by atoms with E-state index in [-0.39, 0.29) is 5.91 Å². The normalized spacial score (nSPS) is 14.8. The first-order valence-electron chi connectivity index (χ1n) is 10.5. The molecule has 0 radical (unpaired) electrons. The fourth-order valence-electron chi connectivity index (χ4n) is 3.76. The van der Waals surface area contributed by atoms with Crippen molar-refractivity contribution in [1.82, 2.24) is 0 Å². The van der Waals surface area contributed by atoms with E-state index in [1.807, 2.05) is 90.7 Å². The van der Waals surface area contributed by atoms with Gasteiger partial charge >= 0.3 is 0 Å². The molecule has 0 atom stereocenters. The minimum Gasteiger partial charge on any atom is -0.493 e. The fourth-order valence-corrected chi connectivity index (χ4v) is 4.27. The Morgan fingerprint density at radius 3 is 2.42 bits per heavy atom. The topological polar surface area (TPSA) is 29.5 Å². The molecule has 1 aliphatic rings. The van der Waals surface area contributed by atoms with Gasteiger partial charge in [-0.05, 0) is 76.3 Å². The molecule has 4 rings (SSSR count). The third-order valence-corrected chi connectivity index (χ3v) is 5.86. The van der Waals surface area contributed by atoms with Gasteiger partial charge in [-0.25, -0.2) is 0 Å². The molecule has 0 spiro atoms. The van der Waals surface area contributed by atoms with E-state index in [9.17, 15) is 4.79 Å². The number of hydrogen-bond donors (Lipinski definition) is 0. The van der Waals surface area contributed by atoms with Gasteiger partial charge in [-0.2, -0.15) is 0 Å². The summed E-state index contributed by atoms with van der Waals surface area (Å²) in [5, 5.41) is 0. The van der Waals surface area contributed by atoms with E-state index in [0.29, 0.717) is 12.2 Å². The number of carbonyl (C=O) groups excluding carboxylic acids is 1. The lowest BCUT2D eigenvalue weighted by Crippen LogP contribution is -2.26. The number of aryl methyl sites for hydroxylation is 1. The lowest BCUT2D eigenvalue weighted by atomic mass is 10.1. The number of anilines is 1. The summed E-state index contributed by atoms with van der Waals surface area (Å²) >= 11 is 3.56. The van der Waals surface area contributed by atoms with Crippen molar-refractivity contribution in [2.45, 2.75) is 20.3 Å². The minimum atomic E-state index is -0.0234. The molecule has 0 aromatic heterocycles. The van der Waals surface area contributed by atoms with Crippen molar-refractivity contribution in [3.63, 3.8) is 0 Å². The summed E-state index contributed by atoms with van der Waals surface area (Å²) in [7, 11) is 0. The minimum absolute atomic E-state index is 0.0234. The summed E-state index contributed by atoms with van der Waals surface area (Å²) in [6.07, 6.45) is 4.77. The molecule has 3 aromatic rings. The van der Waals surface area contributed by atoms with Gasteiger partial charge in [-0.1, -0.05) is 61.5 Å². The summed E-state index contributed by atoms with van der Waals surface area (Å²) in [4.78, 5) is 15.4. The van der Waals surface area contributed by atoms with Gasteiger partial charge in [0.1, 0.15) is 5.75 Å². The van der Waals surface area contributed by atoms with Crippen LogP contribution in [-0.2, 0) is 11.2 Å². The molecule has 0 saturated carbocycles. The van der Waals surface area contributed by atoms with E-state index >= 15 is 0 Å². The van der Waals surface area contributed by atoms with Crippen molar-refractivity contribution in [2.75, 3.05) is 11.5 Å². The second-order valence-corrected chi connectivity index (χ2v) is 8.10. The van der Waals surface area contributed by atoms with Gasteiger partial charge in [0, 0.05) is 5.57 Å². The van der Waals surface area contributed by atoms with Crippen LogP contribution in [0.15, 0.2) is 88.9 Å². The molecule has 0 fully saturated rings. The summed E-state index contributed by atoms with van der Waals surface area (Å²) < 4.78 is 6.47. The third-order valence-electron chi connectivity index (χ3n) is 5.24. The molecule has 0 unspecified atom stereocenters. The van der Waals surface area contributed by atoms with E-state index in [4.69, 9.17) is 4.74 Å². The summed E-state index contributed by atoms with van der Waals surface area (Å²) in [6.45, 7) is 4.67. The molecular weight excluding hydrogens is 450 g/mol. The SMILES string of the molecule is CCOc1ccc(/C=C2\C=C(c3ccccc3)N(c3ccccc3CC)C2=O)cc1Br. The maximum atomic E-state index is 13.6. The molecule has 3 nitrogen and oxygen atoms in total. The Labute approximate surface area is 191 Å². The molecule has 156 valence electrons. The van der Waals surface area contributed by atoms with Crippen LogP contribution in [0.4, 0.5) is 5.69 Å². The van der Waals surface area contributed by atoms with Crippen molar-refractivity contribution < 1.29 is 9.53 Å². The van der Waals surface area contributed by atoms with Crippen LogP contribution in [0.1, 0.15) is 30.5 Å². The first kappa shape index (κ1) is 21.1. The Balaban J connectivity index is 1.80. The Kier molecular flexibility index (Phi) is 6.38. The Morgan fingerprint density at radius 1 is 0.968 bits per heavy atom.